The highest BCUT2D eigenvalue weighted by molar-refractivity contribution is 4.87. The molecule has 0 aromatic heterocycles. The van der Waals surface area contributed by atoms with Crippen LogP contribution in [-0.4, -0.2) is 59.6 Å². The average Bonchev–Trinajstić information content (AvgIpc) is 2.75. The van der Waals surface area contributed by atoms with E-state index in [9.17, 15) is 10.2 Å². The maximum absolute atomic E-state index is 10.0. The van der Waals surface area contributed by atoms with Crippen molar-refractivity contribution in [3.63, 3.8) is 0 Å². The number of ether oxygens (including phenoxy) is 2. The van der Waals surface area contributed by atoms with Crippen molar-refractivity contribution in [3.8, 4) is 0 Å². The van der Waals surface area contributed by atoms with Gasteiger partial charge in [0.1, 0.15) is 24.4 Å². The molecule has 0 saturated carbocycles. The van der Waals surface area contributed by atoms with Gasteiger partial charge in [0.15, 0.2) is 0 Å². The first-order valence-corrected chi connectivity index (χ1v) is 12.6. The van der Waals surface area contributed by atoms with Crippen molar-refractivity contribution in [1.82, 2.24) is 0 Å². The molecule has 0 aromatic carbocycles. The third-order valence-corrected chi connectivity index (χ3v) is 6.02. The molecule has 1 aliphatic heterocycles. The highest BCUT2D eigenvalue weighted by atomic mass is 16.6. The summed E-state index contributed by atoms with van der Waals surface area (Å²) in [6.07, 6.45) is 20.7. The fraction of sp³-hybridized carbons (Fsp3) is 0.920. The summed E-state index contributed by atoms with van der Waals surface area (Å²) < 4.78 is 11.0. The standard InChI is InChI=1S/C25H48O5/c1-2-3-4-5-6-7-8-9-10-11-12-13-14-15-16-17-18-19-29-23-21-30-22(20-26)24(27)25(23)28/h3-4,22-28H,2,5-21H2,1H3/b4-3+/t22-,23+,24-,25-/m0/s1. The Balaban J connectivity index is 1.79. The molecule has 5 nitrogen and oxygen atoms in total. The Morgan fingerprint density at radius 1 is 0.767 bits per heavy atom. The number of unbranched alkanes of at least 4 members (excludes halogenated alkanes) is 13. The minimum Gasteiger partial charge on any atom is -0.394 e. The Kier molecular flexibility index (Phi) is 17.7. The molecule has 1 rings (SSSR count). The zero-order chi connectivity index (χ0) is 21.9. The molecule has 1 saturated heterocycles. The first-order valence-electron chi connectivity index (χ1n) is 12.6. The monoisotopic (exact) mass is 428 g/mol. The van der Waals surface area contributed by atoms with Crippen LogP contribution in [0.3, 0.4) is 0 Å². The fourth-order valence-electron chi connectivity index (χ4n) is 3.99. The molecule has 4 atom stereocenters. The minimum atomic E-state index is -1.08. The molecule has 1 aliphatic rings. The molecule has 178 valence electrons. The van der Waals surface area contributed by atoms with Crippen LogP contribution in [0.25, 0.3) is 0 Å². The lowest BCUT2D eigenvalue weighted by Crippen LogP contribution is -2.55. The van der Waals surface area contributed by atoms with Crippen molar-refractivity contribution in [2.75, 3.05) is 19.8 Å². The van der Waals surface area contributed by atoms with E-state index in [2.05, 4.69) is 19.1 Å². The second kappa shape index (κ2) is 19.2. The number of hydrogen-bond donors (Lipinski definition) is 3. The predicted molar refractivity (Wildman–Crippen MR) is 123 cm³/mol. The van der Waals surface area contributed by atoms with Crippen molar-refractivity contribution in [1.29, 1.82) is 0 Å². The van der Waals surface area contributed by atoms with E-state index in [1.54, 1.807) is 0 Å². The lowest BCUT2D eigenvalue weighted by Gasteiger charge is -2.36. The Morgan fingerprint density at radius 3 is 1.83 bits per heavy atom. The van der Waals surface area contributed by atoms with E-state index in [0.717, 1.165) is 19.3 Å². The van der Waals surface area contributed by atoms with Crippen LogP contribution in [0, 0.1) is 0 Å². The van der Waals surface area contributed by atoms with Crippen LogP contribution in [0.2, 0.25) is 0 Å². The Bertz CT molecular complexity index is 401. The summed E-state index contributed by atoms with van der Waals surface area (Å²) in [5.74, 6) is 0. The van der Waals surface area contributed by atoms with Gasteiger partial charge in [-0.15, -0.1) is 0 Å². The quantitative estimate of drug-likeness (QED) is 0.201. The highest BCUT2D eigenvalue weighted by Gasteiger charge is 2.38. The molecule has 0 bridgehead atoms. The Hall–Kier alpha value is -0.460. The normalized spacial score (nSPS) is 24.7. The van der Waals surface area contributed by atoms with Crippen LogP contribution in [0.5, 0.6) is 0 Å². The number of rotatable bonds is 19. The first-order chi connectivity index (χ1) is 14.7. The zero-order valence-corrected chi connectivity index (χ0v) is 19.4. The van der Waals surface area contributed by atoms with Gasteiger partial charge in [-0.25, -0.2) is 0 Å². The van der Waals surface area contributed by atoms with E-state index in [1.807, 2.05) is 0 Å². The topological polar surface area (TPSA) is 79.2 Å². The summed E-state index contributed by atoms with van der Waals surface area (Å²) in [6, 6.07) is 0. The number of aliphatic hydroxyl groups is 3. The molecule has 0 unspecified atom stereocenters. The molecule has 0 spiro atoms. The Morgan fingerprint density at radius 2 is 1.30 bits per heavy atom. The van der Waals surface area contributed by atoms with Gasteiger partial charge in [-0.3, -0.25) is 0 Å². The van der Waals surface area contributed by atoms with Gasteiger partial charge in [-0.1, -0.05) is 89.7 Å². The minimum absolute atomic E-state index is 0.222. The number of aliphatic hydroxyl groups excluding tert-OH is 3. The summed E-state index contributed by atoms with van der Waals surface area (Å²) in [5, 5.41) is 28.9. The maximum atomic E-state index is 10.0. The molecule has 0 aliphatic carbocycles. The number of hydrogen-bond acceptors (Lipinski definition) is 5. The van der Waals surface area contributed by atoms with Crippen LogP contribution in [0.4, 0.5) is 0 Å². The molecule has 0 aromatic rings. The van der Waals surface area contributed by atoms with E-state index in [4.69, 9.17) is 14.6 Å². The summed E-state index contributed by atoms with van der Waals surface area (Å²) in [4.78, 5) is 0. The molecule has 30 heavy (non-hydrogen) atoms. The molecular weight excluding hydrogens is 380 g/mol. The van der Waals surface area contributed by atoms with Crippen LogP contribution < -0.4 is 0 Å². The van der Waals surface area contributed by atoms with E-state index >= 15 is 0 Å². The smallest absolute Gasteiger partial charge is 0.111 e. The molecule has 1 heterocycles. The second-order valence-electron chi connectivity index (χ2n) is 8.71. The van der Waals surface area contributed by atoms with Crippen LogP contribution in [0.15, 0.2) is 12.2 Å². The van der Waals surface area contributed by atoms with Gasteiger partial charge in [0.25, 0.3) is 0 Å². The van der Waals surface area contributed by atoms with Gasteiger partial charge in [0.05, 0.1) is 13.2 Å². The average molecular weight is 429 g/mol. The summed E-state index contributed by atoms with van der Waals surface area (Å²) in [7, 11) is 0. The van der Waals surface area contributed by atoms with E-state index < -0.39 is 24.4 Å². The van der Waals surface area contributed by atoms with Crippen molar-refractivity contribution in [2.45, 2.75) is 128 Å². The highest BCUT2D eigenvalue weighted by Crippen LogP contribution is 2.18. The maximum Gasteiger partial charge on any atom is 0.111 e. The largest absolute Gasteiger partial charge is 0.394 e. The predicted octanol–water partition coefficient (Wildman–Crippen LogP) is 4.91. The van der Waals surface area contributed by atoms with Crippen molar-refractivity contribution < 1.29 is 24.8 Å². The van der Waals surface area contributed by atoms with E-state index in [1.165, 1.54) is 77.0 Å². The zero-order valence-electron chi connectivity index (χ0n) is 19.4. The number of allylic oxidation sites excluding steroid dienone is 2. The first kappa shape index (κ1) is 27.6. The van der Waals surface area contributed by atoms with Crippen LogP contribution in [0.1, 0.15) is 103 Å². The molecular formula is C25H48O5. The lowest BCUT2D eigenvalue weighted by molar-refractivity contribution is -0.208. The van der Waals surface area contributed by atoms with E-state index in [-0.39, 0.29) is 13.2 Å². The summed E-state index contributed by atoms with van der Waals surface area (Å²) in [6.45, 7) is 2.70. The molecule has 1 fully saturated rings. The third kappa shape index (κ3) is 13.1. The summed E-state index contributed by atoms with van der Waals surface area (Å²) >= 11 is 0. The molecule has 5 heteroatoms. The van der Waals surface area contributed by atoms with Crippen molar-refractivity contribution >= 4 is 0 Å². The summed E-state index contributed by atoms with van der Waals surface area (Å²) in [5.41, 5.74) is 0. The molecule has 3 N–H and O–H groups in total. The van der Waals surface area contributed by atoms with Gasteiger partial charge >= 0.3 is 0 Å². The van der Waals surface area contributed by atoms with Gasteiger partial charge in [-0.2, -0.15) is 0 Å². The van der Waals surface area contributed by atoms with Gasteiger partial charge in [0, 0.05) is 6.61 Å². The van der Waals surface area contributed by atoms with Crippen molar-refractivity contribution in [3.05, 3.63) is 12.2 Å². The Labute approximate surface area is 184 Å². The van der Waals surface area contributed by atoms with Gasteiger partial charge in [0.2, 0.25) is 0 Å². The molecule has 0 amide bonds. The van der Waals surface area contributed by atoms with Gasteiger partial charge < -0.3 is 24.8 Å². The third-order valence-electron chi connectivity index (χ3n) is 6.02. The second-order valence-corrected chi connectivity index (χ2v) is 8.71. The van der Waals surface area contributed by atoms with Gasteiger partial charge in [-0.05, 0) is 25.7 Å². The molecule has 0 radical (unpaired) electrons. The van der Waals surface area contributed by atoms with Crippen LogP contribution >= 0.6 is 0 Å². The van der Waals surface area contributed by atoms with Crippen molar-refractivity contribution in [2.24, 2.45) is 0 Å². The van der Waals surface area contributed by atoms with Crippen LogP contribution in [-0.2, 0) is 9.47 Å². The lowest BCUT2D eigenvalue weighted by atomic mass is 10.0. The fourth-order valence-corrected chi connectivity index (χ4v) is 3.99. The SMILES string of the molecule is CC/C=C/CCCCCCCCCCCCCCCO[C@@H]1CO[C@@H](CO)[C@H](O)[C@H]1O. The van der Waals surface area contributed by atoms with E-state index in [0.29, 0.717) is 6.61 Å².